The molecule has 43 nitrogen and oxygen atoms in total. The third-order valence-electron chi connectivity index (χ3n) is 24.7. The molecule has 138 heavy (non-hydrogen) atoms. The number of aromatic amines is 4. The molecule has 0 bridgehead atoms. The van der Waals surface area contributed by atoms with E-state index in [1.807, 2.05) is 48.3 Å². The van der Waals surface area contributed by atoms with Crippen LogP contribution in [-0.2, 0) is 80.2 Å². The maximum Gasteiger partial charge on any atom is 0.256 e. The fourth-order valence-electron chi connectivity index (χ4n) is 17.6. The zero-order chi connectivity index (χ0) is 98.2. The highest BCUT2D eigenvalue weighted by atomic mass is 19.1. The van der Waals surface area contributed by atoms with Crippen molar-refractivity contribution >= 4 is 149 Å². The number of pyridine rings is 1. The lowest BCUT2D eigenvalue weighted by Crippen LogP contribution is -2.61. The number of hydrogen-bond donors (Lipinski definition) is 27. The van der Waals surface area contributed by atoms with Crippen molar-refractivity contribution < 1.29 is 61.9 Å². The molecule has 0 unspecified atom stereocenters. The second-order valence-electron chi connectivity index (χ2n) is 34.9. The van der Waals surface area contributed by atoms with Gasteiger partial charge in [0.2, 0.25) is 64.5 Å². The van der Waals surface area contributed by atoms with Gasteiger partial charge >= 0.3 is 0 Å². The number of fused-ring (bicyclic) bond motifs is 4. The maximum atomic E-state index is 16.3. The van der Waals surface area contributed by atoms with Crippen LogP contribution in [0.25, 0.3) is 54.5 Å². The average Bonchev–Trinajstić information content (AvgIpc) is 0.826. The van der Waals surface area contributed by atoms with Crippen LogP contribution < -0.4 is 118 Å². The Labute approximate surface area is 792 Å². The van der Waals surface area contributed by atoms with Crippen LogP contribution in [0.1, 0.15) is 110 Å². The van der Waals surface area contributed by atoms with Crippen molar-refractivity contribution in [2.45, 2.75) is 170 Å². The van der Waals surface area contributed by atoms with Gasteiger partial charge in [-0.25, -0.2) is 4.39 Å². The highest BCUT2D eigenvalue weighted by molar-refractivity contribution is 6.03. The Morgan fingerprint density at radius 1 is 0.406 bits per heavy atom. The van der Waals surface area contributed by atoms with E-state index in [2.05, 4.69) is 105 Å². The van der Waals surface area contributed by atoms with E-state index < -0.39 is 161 Å². The van der Waals surface area contributed by atoms with Crippen molar-refractivity contribution in [2.75, 3.05) is 77.4 Å². The minimum absolute atomic E-state index is 0.00483. The molecule has 10 aromatic rings. The quantitative estimate of drug-likeness (QED) is 0.0146. The summed E-state index contributed by atoms with van der Waals surface area (Å²) in [5, 5.41) is 76.1. The number of amides is 11. The molecule has 2 saturated heterocycles. The number of para-hydroxylation sites is 4. The monoisotopic (exact) mass is 1900 g/mol. The van der Waals surface area contributed by atoms with Crippen molar-refractivity contribution in [3.05, 3.63) is 178 Å². The van der Waals surface area contributed by atoms with Crippen molar-refractivity contribution in [1.82, 2.24) is 109 Å². The fraction of sp³-hybridized carbons (Fsp3) is 0.404. The molecule has 11 amide bonds. The van der Waals surface area contributed by atoms with Crippen LogP contribution in [0.4, 0.5) is 10.1 Å². The third-order valence-corrected chi connectivity index (χ3v) is 24.7. The van der Waals surface area contributed by atoms with Gasteiger partial charge in [-0.2, -0.15) is 0 Å². The number of benzene rings is 5. The van der Waals surface area contributed by atoms with Gasteiger partial charge in [-0.3, -0.25) is 79.2 Å². The molecular formula is C94H121FN30O13. The first-order valence-electron chi connectivity index (χ1n) is 46.2. The molecule has 44 heteroatoms. The standard InChI is InChI=1S/C94H121FN30O13/c1-51-49-125-50-61(79(127)60-44-62(95)78(80(138-51)77(60)125)124-38-36-123(2)37-39-124)81(128)105-35-29-76(126)104-30-11-24-67-82(129)117-71(28-15-34-109-94(102)103)86(133)119-73(41-53-46-111-64-21-8-4-17-57(53)64)88(135)121-75(43-55-48-113-66-23-10-6-19-59(55)66)90(137)122-74(42-54-47-112-65-22-9-5-18-58(54)65)89(136)120-72(40-52-45-110-63-20-7-3-16-56(52)63)87(134)118-70(27-14-33-108-93(100)101)85(132)116-69(26-13-32-107-92(98)99)84(131)115-68(83(130)114-67)25-12-31-106-91(96)97/h3-10,16-23,44-48,50-51,67-75,110-113H,11-15,24-43,49H2,1-2H3,(H,104,126)(H,105,128)(H,114,130)(H,115,131)(H,116,132)(H,117,129)(H,118,134)(H,119,133)(H,120,136)(H,121,135)(H,122,137)(H4,96,97,106)(H4,98,99,107)(H4,100,101,108)(H4,102,103,109)/t51-,67-,68-,69-,70-,71-,72+,73-,74-,75-/m0/s1. The summed E-state index contributed by atoms with van der Waals surface area (Å²) >= 11 is 0. The number of nitrogens with two attached hydrogens (primary N) is 4. The number of carbonyl (C=O) groups excluding carboxylic acids is 11. The lowest BCUT2D eigenvalue weighted by atomic mass is 9.99. The molecule has 0 saturated carbocycles. The summed E-state index contributed by atoms with van der Waals surface area (Å²) in [5.41, 5.74) is 27.2. The SMILES string of the molecule is C[C@H]1Cn2cc(C(=O)NCCC(=O)NCCC[C@@H]3NC(=O)[C@H](CCCNC(=N)N)NC(=O)[C@H](CCCNC(=N)N)NC(=O)[C@H](CCCNC(=N)N)NC(=O)[C@@H](Cc4c[nH]c5ccccc45)NC(=O)[C@H](Cc4c[nH]c5ccccc45)NC(=O)[C@H](Cc4c[nH]c5ccccc45)NC(=O)[C@H](Cc4c[nH]c5ccccc45)NC(=O)[C@H](CCCNC(=N)N)NC3=O)c(=O)c3cc(F)c(N4CCN(C)CC4)c(c32)O1. The van der Waals surface area contributed by atoms with Crippen LogP contribution in [0.3, 0.4) is 0 Å². The van der Waals surface area contributed by atoms with Crippen LogP contribution in [0.15, 0.2) is 139 Å². The zero-order valence-corrected chi connectivity index (χ0v) is 76.7. The number of halogens is 1. The van der Waals surface area contributed by atoms with E-state index in [0.717, 1.165) is 6.07 Å². The van der Waals surface area contributed by atoms with Gasteiger partial charge in [0.1, 0.15) is 71.7 Å². The number of ether oxygens (including phenoxy) is 1. The summed E-state index contributed by atoms with van der Waals surface area (Å²) in [7, 11) is 1.97. The lowest BCUT2D eigenvalue weighted by molar-refractivity contribution is -0.136. The Kier molecular flexibility index (Phi) is 33.9. The van der Waals surface area contributed by atoms with E-state index >= 15 is 47.5 Å². The molecular weight excluding hydrogens is 1780 g/mol. The summed E-state index contributed by atoms with van der Waals surface area (Å²) in [6, 6.07) is 15.3. The second-order valence-corrected chi connectivity index (χ2v) is 34.9. The lowest BCUT2D eigenvalue weighted by Gasteiger charge is -2.37. The van der Waals surface area contributed by atoms with Crippen LogP contribution >= 0.6 is 0 Å². The molecule has 3 aliphatic rings. The van der Waals surface area contributed by atoms with E-state index in [4.69, 9.17) is 49.3 Å². The normalized spacial score (nSPS) is 20.3. The fourth-order valence-corrected chi connectivity index (χ4v) is 17.6. The summed E-state index contributed by atoms with van der Waals surface area (Å²) in [4.78, 5) is 201. The number of H-pyrrole nitrogens is 4. The van der Waals surface area contributed by atoms with E-state index in [1.54, 1.807) is 96.9 Å². The Morgan fingerprint density at radius 3 is 1.02 bits per heavy atom. The van der Waals surface area contributed by atoms with Gasteiger partial charge in [-0.1, -0.05) is 72.8 Å². The van der Waals surface area contributed by atoms with Gasteiger partial charge in [-0.15, -0.1) is 0 Å². The van der Waals surface area contributed by atoms with Crippen LogP contribution in [0.2, 0.25) is 0 Å². The van der Waals surface area contributed by atoms with Crippen molar-refractivity contribution in [3.63, 3.8) is 0 Å². The summed E-state index contributed by atoms with van der Waals surface area (Å²) in [6.07, 6.45) is 4.81. The summed E-state index contributed by atoms with van der Waals surface area (Å²) in [6.45, 7) is 3.74. The first-order chi connectivity index (χ1) is 66.4. The van der Waals surface area contributed by atoms with Gasteiger partial charge < -0.3 is 142 Å². The highest BCUT2D eigenvalue weighted by Gasteiger charge is 2.40. The molecule has 5 aromatic carbocycles. The number of aromatic nitrogens is 5. The van der Waals surface area contributed by atoms with Gasteiger partial charge in [0.15, 0.2) is 35.4 Å². The van der Waals surface area contributed by atoms with Crippen molar-refractivity contribution in [2.24, 2.45) is 22.9 Å². The molecule has 0 spiro atoms. The van der Waals surface area contributed by atoms with E-state index in [9.17, 15) is 14.4 Å². The smallest absolute Gasteiger partial charge is 0.256 e. The number of likely N-dealkylation sites (N-methyl/N-ethyl adjacent to an activating group) is 1. The van der Waals surface area contributed by atoms with Gasteiger partial charge in [0.25, 0.3) is 5.91 Å². The van der Waals surface area contributed by atoms with Crippen LogP contribution in [-0.4, -0.2) is 251 Å². The van der Waals surface area contributed by atoms with Crippen molar-refractivity contribution in [1.29, 1.82) is 21.6 Å². The average molecular weight is 1900 g/mol. The van der Waals surface area contributed by atoms with Gasteiger partial charge in [-0.05, 0) is 131 Å². The summed E-state index contributed by atoms with van der Waals surface area (Å²) < 4.78 is 24.3. The minimum atomic E-state index is -1.69. The molecule has 10 atom stereocenters. The Bertz CT molecular complexity index is 6160. The molecule has 31 N–H and O–H groups in total. The van der Waals surface area contributed by atoms with Gasteiger partial charge in [0, 0.05) is 172 Å². The molecule has 0 radical (unpaired) electrons. The van der Waals surface area contributed by atoms with E-state index in [-0.39, 0.29) is 165 Å². The first-order valence-corrected chi connectivity index (χ1v) is 46.2. The second kappa shape index (κ2) is 46.9. The number of nitrogens with zero attached hydrogens (tertiary/aromatic N) is 3. The largest absolute Gasteiger partial charge is 0.484 e. The van der Waals surface area contributed by atoms with Crippen molar-refractivity contribution in [3.8, 4) is 5.75 Å². The number of piperazine rings is 1. The van der Waals surface area contributed by atoms with Crippen LogP contribution in [0, 0.1) is 27.5 Å². The number of nitrogens with one attached hydrogen (secondary N) is 23. The summed E-state index contributed by atoms with van der Waals surface area (Å²) in [5.74, 6) is -12.3. The molecule has 732 valence electrons. The Balaban J connectivity index is 0.859. The number of carbonyl (C=O) groups is 11. The highest BCUT2D eigenvalue weighted by Crippen LogP contribution is 2.42. The minimum Gasteiger partial charge on any atom is -0.484 e. The van der Waals surface area contributed by atoms with Crippen LogP contribution in [0.5, 0.6) is 5.75 Å². The first kappa shape index (κ1) is 99.7. The predicted molar refractivity (Wildman–Crippen MR) is 519 cm³/mol. The zero-order valence-electron chi connectivity index (χ0n) is 76.7. The van der Waals surface area contributed by atoms with E-state index in [1.165, 1.54) is 6.20 Å². The molecule has 5 aromatic heterocycles. The molecule has 8 heterocycles. The molecule has 2 fully saturated rings. The number of hydrogen-bond acceptors (Lipinski definition) is 19. The number of rotatable bonds is 33. The Hall–Kier alpha value is -15.8. The molecule has 3 aliphatic heterocycles. The van der Waals surface area contributed by atoms with Gasteiger partial charge in [0.05, 0.1) is 17.4 Å². The third kappa shape index (κ3) is 26.2. The molecule has 13 rings (SSSR count). The number of guanidine groups is 4. The van der Waals surface area contributed by atoms with E-state index in [0.29, 0.717) is 97.6 Å². The molecule has 0 aliphatic carbocycles. The number of anilines is 1. The Morgan fingerprint density at radius 2 is 0.703 bits per heavy atom. The maximum absolute atomic E-state index is 16.3. The predicted octanol–water partition coefficient (Wildman–Crippen LogP) is 0.0155. The topological polar surface area (TPSA) is 669 Å².